The molecule has 5 rings (SSSR count). The Morgan fingerprint density at radius 2 is 1.64 bits per heavy atom. The predicted octanol–water partition coefficient (Wildman–Crippen LogP) is 4.61. The molecule has 0 saturated carbocycles. The van der Waals surface area contributed by atoms with Crippen molar-refractivity contribution in [1.29, 1.82) is 0 Å². The summed E-state index contributed by atoms with van der Waals surface area (Å²) in [4.78, 5) is 45.2. The van der Waals surface area contributed by atoms with Crippen LogP contribution in [-0.2, 0) is 6.54 Å². The van der Waals surface area contributed by atoms with Gasteiger partial charge in [-0.3, -0.25) is 9.59 Å². The van der Waals surface area contributed by atoms with Crippen LogP contribution < -0.4 is 5.56 Å². The number of aryl methyl sites for hydroxylation is 1. The summed E-state index contributed by atoms with van der Waals surface area (Å²) >= 11 is 0. The van der Waals surface area contributed by atoms with E-state index in [0.29, 0.717) is 35.4 Å². The number of carbonyl (C=O) groups excluding carboxylic acids is 1. The third kappa shape index (κ3) is 5.83. The molecule has 4 heterocycles. The maximum absolute atomic E-state index is 13.8. The molecule has 0 aliphatic carbocycles. The van der Waals surface area contributed by atoms with Crippen LogP contribution in [0.3, 0.4) is 0 Å². The van der Waals surface area contributed by atoms with Crippen molar-refractivity contribution in [1.82, 2.24) is 33.7 Å². The lowest BCUT2D eigenvalue weighted by Crippen LogP contribution is -2.34. The molecule has 1 aliphatic rings. The summed E-state index contributed by atoms with van der Waals surface area (Å²) in [5, 5.41) is 0. The number of carbonyl (C=O) groups is 1. The third-order valence-corrected chi connectivity index (χ3v) is 7.78. The molecule has 1 aliphatic heterocycles. The van der Waals surface area contributed by atoms with Gasteiger partial charge in [-0.1, -0.05) is 27.7 Å². The molecule has 0 bridgehead atoms. The first-order chi connectivity index (χ1) is 18.8. The van der Waals surface area contributed by atoms with Crippen molar-refractivity contribution in [3.8, 4) is 0 Å². The molecule has 4 aromatic rings. The maximum atomic E-state index is 13.8. The first-order valence-corrected chi connectivity index (χ1v) is 14.5. The van der Waals surface area contributed by atoms with Crippen LogP contribution in [0.1, 0.15) is 70.2 Å². The molecule has 39 heavy (non-hydrogen) atoms. The van der Waals surface area contributed by atoms with Crippen LogP contribution in [0.5, 0.6) is 0 Å². The molecule has 1 saturated heterocycles. The lowest BCUT2D eigenvalue weighted by atomic mass is 10.1. The molecule has 9 nitrogen and oxygen atoms in total. The number of nitrogens with zero attached hydrogens (tertiary/aromatic N) is 7. The molecule has 1 amide bonds. The van der Waals surface area contributed by atoms with Crippen molar-refractivity contribution in [2.24, 2.45) is 11.8 Å². The Morgan fingerprint density at radius 3 is 2.33 bits per heavy atom. The van der Waals surface area contributed by atoms with Crippen LogP contribution in [0.25, 0.3) is 28.0 Å². The fourth-order valence-electron chi connectivity index (χ4n) is 5.48. The van der Waals surface area contributed by atoms with E-state index in [2.05, 4.69) is 47.1 Å². The highest BCUT2D eigenvalue weighted by Gasteiger charge is 2.22. The van der Waals surface area contributed by atoms with Crippen LogP contribution in [0, 0.1) is 11.8 Å². The second-order valence-corrected chi connectivity index (χ2v) is 11.7. The highest BCUT2D eigenvalue weighted by Crippen LogP contribution is 2.23. The number of hydrogen-bond donors (Lipinski definition) is 0. The van der Waals surface area contributed by atoms with Gasteiger partial charge in [0.1, 0.15) is 0 Å². The highest BCUT2D eigenvalue weighted by atomic mass is 16.2. The molecular formula is C30H41N7O2. The van der Waals surface area contributed by atoms with E-state index in [1.165, 1.54) is 19.0 Å². The van der Waals surface area contributed by atoms with Gasteiger partial charge in [0.05, 0.1) is 11.0 Å². The minimum Gasteiger partial charge on any atom is -0.339 e. The van der Waals surface area contributed by atoms with Crippen molar-refractivity contribution >= 4 is 33.9 Å². The zero-order valence-corrected chi connectivity index (χ0v) is 23.8. The third-order valence-electron chi connectivity index (χ3n) is 7.78. The Kier molecular flexibility index (Phi) is 8.26. The van der Waals surface area contributed by atoms with E-state index in [1.807, 2.05) is 23.1 Å². The number of fused-ring (bicyclic) bond motifs is 4. The fourth-order valence-corrected chi connectivity index (χ4v) is 5.48. The molecule has 0 atom stereocenters. The SMILES string of the molecule is CC(C)CCN(CCC(C)C)C(=O)c1ccc2c(c1)n(CCCN1CCCC1)c1nc3nccnc3c(=O)n21. The summed E-state index contributed by atoms with van der Waals surface area (Å²) in [6, 6.07) is 5.69. The lowest BCUT2D eigenvalue weighted by Gasteiger charge is -2.24. The number of hydrogen-bond acceptors (Lipinski definition) is 6. The summed E-state index contributed by atoms with van der Waals surface area (Å²) in [7, 11) is 0. The minimum absolute atomic E-state index is 0.0425. The van der Waals surface area contributed by atoms with Crippen molar-refractivity contribution in [3.05, 3.63) is 46.5 Å². The normalized spacial score (nSPS) is 14.5. The number of benzene rings is 1. The molecular weight excluding hydrogens is 490 g/mol. The Hall–Kier alpha value is -3.33. The smallest absolute Gasteiger partial charge is 0.287 e. The first-order valence-electron chi connectivity index (χ1n) is 14.5. The molecule has 9 heteroatoms. The average molecular weight is 532 g/mol. The van der Waals surface area contributed by atoms with Crippen LogP contribution in [-0.4, -0.2) is 72.4 Å². The molecule has 1 aromatic carbocycles. The summed E-state index contributed by atoms with van der Waals surface area (Å²) in [6.45, 7) is 14.2. The van der Waals surface area contributed by atoms with Crippen LogP contribution in [0.2, 0.25) is 0 Å². The number of amides is 1. The zero-order chi connectivity index (χ0) is 27.5. The monoisotopic (exact) mass is 531 g/mol. The van der Waals surface area contributed by atoms with Gasteiger partial charge in [0.15, 0.2) is 11.2 Å². The lowest BCUT2D eigenvalue weighted by molar-refractivity contribution is 0.0741. The second kappa shape index (κ2) is 11.8. The van der Waals surface area contributed by atoms with E-state index in [1.54, 1.807) is 10.6 Å². The van der Waals surface area contributed by atoms with Crippen molar-refractivity contribution < 1.29 is 4.79 Å². The Morgan fingerprint density at radius 1 is 0.949 bits per heavy atom. The molecule has 0 spiro atoms. The van der Waals surface area contributed by atoms with Crippen molar-refractivity contribution in [2.45, 2.75) is 66.3 Å². The fraction of sp³-hybridized carbons (Fsp3) is 0.567. The van der Waals surface area contributed by atoms with E-state index < -0.39 is 0 Å². The number of rotatable bonds is 11. The molecule has 0 N–H and O–H groups in total. The Balaban J connectivity index is 1.57. The zero-order valence-electron chi connectivity index (χ0n) is 23.8. The summed E-state index contributed by atoms with van der Waals surface area (Å²) in [5.41, 5.74) is 2.59. The summed E-state index contributed by atoms with van der Waals surface area (Å²) in [5.74, 6) is 1.63. The number of aromatic nitrogens is 5. The van der Waals surface area contributed by atoms with Gasteiger partial charge in [-0.25, -0.2) is 14.4 Å². The van der Waals surface area contributed by atoms with E-state index in [9.17, 15) is 9.59 Å². The van der Waals surface area contributed by atoms with Crippen molar-refractivity contribution in [3.63, 3.8) is 0 Å². The molecule has 1 fully saturated rings. The molecule has 0 radical (unpaired) electrons. The van der Waals surface area contributed by atoms with E-state index >= 15 is 0 Å². The number of imidazole rings is 1. The van der Waals surface area contributed by atoms with Gasteiger partial charge in [0.25, 0.3) is 11.5 Å². The molecule has 3 aromatic heterocycles. The van der Waals surface area contributed by atoms with Crippen LogP contribution >= 0.6 is 0 Å². The molecule has 208 valence electrons. The first kappa shape index (κ1) is 27.2. The predicted molar refractivity (Wildman–Crippen MR) is 155 cm³/mol. The maximum Gasteiger partial charge on any atom is 0.287 e. The van der Waals surface area contributed by atoms with E-state index in [4.69, 9.17) is 4.98 Å². The largest absolute Gasteiger partial charge is 0.339 e. The van der Waals surface area contributed by atoms with Crippen LogP contribution in [0.15, 0.2) is 35.4 Å². The number of likely N-dealkylation sites (tertiary alicyclic amines) is 1. The quantitative estimate of drug-likeness (QED) is 0.281. The average Bonchev–Trinajstić information content (AvgIpc) is 3.54. The summed E-state index contributed by atoms with van der Waals surface area (Å²) in [6.07, 6.45) is 8.46. The van der Waals surface area contributed by atoms with E-state index in [-0.39, 0.29) is 17.0 Å². The van der Waals surface area contributed by atoms with Gasteiger partial charge < -0.3 is 14.4 Å². The highest BCUT2D eigenvalue weighted by molar-refractivity contribution is 5.98. The topological polar surface area (TPSA) is 88.6 Å². The van der Waals surface area contributed by atoms with Gasteiger partial charge in [-0.2, -0.15) is 4.98 Å². The Bertz CT molecular complexity index is 1500. The van der Waals surface area contributed by atoms with E-state index in [0.717, 1.165) is 63.0 Å². The second-order valence-electron chi connectivity index (χ2n) is 11.7. The minimum atomic E-state index is -0.235. The standard InChI is InChI=1S/C30H41N7O2/c1-21(2)10-18-35(19-11-22(3)4)28(38)23-8-9-24-25(20-23)36(17-7-16-34-14-5-6-15-34)30-33-27-26(29(39)37(24)30)31-12-13-32-27/h8-9,12-13,20-22H,5-7,10-11,14-19H2,1-4H3. The Labute approximate surface area is 229 Å². The van der Waals surface area contributed by atoms with Gasteiger partial charge >= 0.3 is 0 Å². The van der Waals surface area contributed by atoms with Crippen LogP contribution in [0.4, 0.5) is 0 Å². The van der Waals surface area contributed by atoms with Crippen molar-refractivity contribution in [2.75, 3.05) is 32.7 Å². The van der Waals surface area contributed by atoms with Gasteiger partial charge in [-0.05, 0) is 81.8 Å². The summed E-state index contributed by atoms with van der Waals surface area (Å²) < 4.78 is 3.72. The van der Waals surface area contributed by atoms with Gasteiger partial charge in [-0.15, -0.1) is 0 Å². The molecule has 0 unspecified atom stereocenters. The van der Waals surface area contributed by atoms with Gasteiger partial charge in [0, 0.05) is 37.6 Å². The van der Waals surface area contributed by atoms with Gasteiger partial charge in [0.2, 0.25) is 5.78 Å².